The van der Waals surface area contributed by atoms with E-state index in [0.29, 0.717) is 24.5 Å². The maximum atomic E-state index is 11.9. The van der Waals surface area contributed by atoms with E-state index < -0.39 is 11.4 Å². The Morgan fingerprint density at radius 2 is 1.94 bits per heavy atom. The second-order valence-electron chi connectivity index (χ2n) is 4.43. The van der Waals surface area contributed by atoms with E-state index in [1.54, 1.807) is 11.8 Å². The minimum absolute atomic E-state index is 0.234. The summed E-state index contributed by atoms with van der Waals surface area (Å²) in [7, 11) is 0. The molecule has 0 aromatic carbocycles. The molecule has 1 amide bonds. The molecule has 0 aliphatic heterocycles. The summed E-state index contributed by atoms with van der Waals surface area (Å²) >= 11 is 1.55. The Kier molecular flexibility index (Phi) is 6.67. The predicted molar refractivity (Wildman–Crippen MR) is 68.2 cm³/mol. The fourth-order valence-electron chi connectivity index (χ4n) is 1.31. The van der Waals surface area contributed by atoms with E-state index in [1.165, 1.54) is 0 Å². The molecule has 0 aliphatic carbocycles. The second-order valence-corrected chi connectivity index (χ2v) is 5.42. The molecular weight excluding hydrogens is 224 g/mol. The highest BCUT2D eigenvalue weighted by molar-refractivity contribution is 7.98. The molecule has 0 radical (unpaired) electrons. The molecule has 16 heavy (non-hydrogen) atoms. The zero-order valence-corrected chi connectivity index (χ0v) is 11.1. The van der Waals surface area contributed by atoms with Crippen molar-refractivity contribution in [3.05, 3.63) is 0 Å². The predicted octanol–water partition coefficient (Wildman–Crippen LogP) is 0.928. The van der Waals surface area contributed by atoms with Gasteiger partial charge in [0.05, 0.1) is 0 Å². The first kappa shape index (κ1) is 15.4. The van der Waals surface area contributed by atoms with Crippen molar-refractivity contribution in [3.63, 3.8) is 0 Å². The fourth-order valence-corrected chi connectivity index (χ4v) is 1.83. The lowest BCUT2D eigenvalue weighted by Gasteiger charge is -2.24. The molecule has 94 valence electrons. The van der Waals surface area contributed by atoms with Crippen molar-refractivity contribution in [2.24, 2.45) is 17.4 Å². The van der Waals surface area contributed by atoms with E-state index in [1.807, 2.05) is 20.1 Å². The van der Waals surface area contributed by atoms with Crippen LogP contribution in [0.15, 0.2) is 0 Å². The Balaban J connectivity index is 4.51. The van der Waals surface area contributed by atoms with Gasteiger partial charge in [-0.05, 0) is 30.8 Å². The molecule has 0 heterocycles. The van der Waals surface area contributed by atoms with E-state index in [2.05, 4.69) is 0 Å². The van der Waals surface area contributed by atoms with E-state index in [4.69, 9.17) is 11.5 Å². The van der Waals surface area contributed by atoms with Crippen LogP contribution in [0.5, 0.6) is 0 Å². The fraction of sp³-hybridized carbons (Fsp3) is 0.818. The van der Waals surface area contributed by atoms with Crippen molar-refractivity contribution in [2.75, 3.05) is 12.0 Å². The van der Waals surface area contributed by atoms with Crippen molar-refractivity contribution in [3.8, 4) is 0 Å². The molecule has 0 fully saturated rings. The molecule has 1 unspecified atom stereocenters. The van der Waals surface area contributed by atoms with Gasteiger partial charge < -0.3 is 11.5 Å². The highest BCUT2D eigenvalue weighted by atomic mass is 32.2. The van der Waals surface area contributed by atoms with Crippen LogP contribution in [0.2, 0.25) is 0 Å². The molecule has 0 bridgehead atoms. The number of hydrogen-bond donors (Lipinski definition) is 2. The lowest BCUT2D eigenvalue weighted by atomic mass is 9.87. The number of thioether (sulfide) groups is 1. The minimum atomic E-state index is -1.47. The van der Waals surface area contributed by atoms with E-state index >= 15 is 0 Å². The zero-order valence-electron chi connectivity index (χ0n) is 10.3. The topological polar surface area (TPSA) is 86.2 Å². The largest absolute Gasteiger partial charge is 0.368 e. The third-order valence-electron chi connectivity index (χ3n) is 2.59. The van der Waals surface area contributed by atoms with E-state index in [9.17, 15) is 9.59 Å². The van der Waals surface area contributed by atoms with Crippen LogP contribution < -0.4 is 11.5 Å². The van der Waals surface area contributed by atoms with Gasteiger partial charge in [0, 0.05) is 6.42 Å². The summed E-state index contributed by atoms with van der Waals surface area (Å²) < 4.78 is 0. The number of hydrogen-bond acceptors (Lipinski definition) is 4. The average molecular weight is 246 g/mol. The van der Waals surface area contributed by atoms with Gasteiger partial charge in [-0.1, -0.05) is 13.8 Å². The second kappa shape index (κ2) is 6.91. The normalized spacial score (nSPS) is 14.8. The monoisotopic (exact) mass is 246 g/mol. The van der Waals surface area contributed by atoms with Gasteiger partial charge in [0.2, 0.25) is 5.91 Å². The molecule has 0 saturated carbocycles. The van der Waals surface area contributed by atoms with Gasteiger partial charge in [0.15, 0.2) is 11.3 Å². The third kappa shape index (κ3) is 4.53. The molecule has 0 spiro atoms. The number of rotatable bonds is 8. The Hall–Kier alpha value is -0.550. The van der Waals surface area contributed by atoms with Crippen LogP contribution in [0.1, 0.15) is 33.1 Å². The van der Waals surface area contributed by atoms with Crippen molar-refractivity contribution >= 4 is 23.5 Å². The summed E-state index contributed by atoms with van der Waals surface area (Å²) in [4.78, 5) is 23.2. The highest BCUT2D eigenvalue weighted by Crippen LogP contribution is 2.16. The van der Waals surface area contributed by atoms with Gasteiger partial charge >= 0.3 is 0 Å². The Morgan fingerprint density at radius 1 is 1.38 bits per heavy atom. The van der Waals surface area contributed by atoms with E-state index in [-0.39, 0.29) is 5.78 Å². The van der Waals surface area contributed by atoms with Gasteiger partial charge in [0.25, 0.3) is 0 Å². The number of carbonyl (C=O) groups excluding carboxylic acids is 2. The summed E-state index contributed by atoms with van der Waals surface area (Å²) in [5, 5.41) is 0. The summed E-state index contributed by atoms with van der Waals surface area (Å²) in [6.45, 7) is 4.05. The van der Waals surface area contributed by atoms with Crippen molar-refractivity contribution in [1.29, 1.82) is 0 Å². The first-order valence-electron chi connectivity index (χ1n) is 5.45. The van der Waals surface area contributed by atoms with Crippen LogP contribution in [0.25, 0.3) is 0 Å². The highest BCUT2D eigenvalue weighted by Gasteiger charge is 2.38. The molecule has 4 nitrogen and oxygen atoms in total. The maximum Gasteiger partial charge on any atom is 0.245 e. The van der Waals surface area contributed by atoms with Gasteiger partial charge in [0.1, 0.15) is 0 Å². The number of ketones is 1. The zero-order chi connectivity index (χ0) is 12.8. The van der Waals surface area contributed by atoms with Crippen LogP contribution in [0.3, 0.4) is 0 Å². The van der Waals surface area contributed by atoms with Crippen LogP contribution in [-0.2, 0) is 9.59 Å². The average Bonchev–Trinajstić information content (AvgIpc) is 2.21. The molecule has 0 aliphatic rings. The number of carbonyl (C=O) groups is 2. The summed E-state index contributed by atoms with van der Waals surface area (Å²) in [6.07, 6.45) is 3.29. The Labute approximate surface area is 102 Å². The van der Waals surface area contributed by atoms with Gasteiger partial charge in [-0.15, -0.1) is 0 Å². The first-order chi connectivity index (χ1) is 7.34. The molecule has 0 aromatic rings. The van der Waals surface area contributed by atoms with Gasteiger partial charge in [-0.3, -0.25) is 9.59 Å². The molecule has 5 heteroatoms. The SMILES string of the molecule is CSCCC(N)(C(N)=O)C(=O)CCC(C)C. The maximum absolute atomic E-state index is 11.9. The summed E-state index contributed by atoms with van der Waals surface area (Å²) in [6, 6.07) is 0. The molecule has 0 aromatic heterocycles. The first-order valence-corrected chi connectivity index (χ1v) is 6.85. The van der Waals surface area contributed by atoms with Crippen molar-refractivity contribution in [1.82, 2.24) is 0 Å². The van der Waals surface area contributed by atoms with Crippen LogP contribution in [-0.4, -0.2) is 29.2 Å². The summed E-state index contributed by atoms with van der Waals surface area (Å²) in [5.41, 5.74) is 9.57. The number of amides is 1. The Morgan fingerprint density at radius 3 is 2.31 bits per heavy atom. The standard InChI is InChI=1S/C11H22N2O2S/c1-8(2)4-5-9(14)11(13,10(12)15)6-7-16-3/h8H,4-7,13H2,1-3H3,(H2,12,15). The summed E-state index contributed by atoms with van der Waals surface area (Å²) in [5.74, 6) is 0.132. The number of nitrogens with two attached hydrogens (primary N) is 2. The molecule has 0 saturated heterocycles. The Bertz CT molecular complexity index is 256. The van der Waals surface area contributed by atoms with E-state index in [0.717, 1.165) is 6.42 Å². The van der Waals surface area contributed by atoms with Crippen LogP contribution >= 0.6 is 11.8 Å². The lowest BCUT2D eigenvalue weighted by molar-refractivity contribution is -0.134. The van der Waals surface area contributed by atoms with Gasteiger partial charge in [-0.25, -0.2) is 0 Å². The lowest BCUT2D eigenvalue weighted by Crippen LogP contribution is -2.58. The smallest absolute Gasteiger partial charge is 0.245 e. The molecule has 4 N–H and O–H groups in total. The van der Waals surface area contributed by atoms with Crippen molar-refractivity contribution in [2.45, 2.75) is 38.6 Å². The van der Waals surface area contributed by atoms with Crippen LogP contribution in [0, 0.1) is 5.92 Å². The van der Waals surface area contributed by atoms with Crippen LogP contribution in [0.4, 0.5) is 0 Å². The minimum Gasteiger partial charge on any atom is -0.368 e. The molecular formula is C11H22N2O2S. The third-order valence-corrected chi connectivity index (χ3v) is 3.20. The van der Waals surface area contributed by atoms with Gasteiger partial charge in [-0.2, -0.15) is 11.8 Å². The number of Topliss-reactive ketones (excluding diaryl/α,β-unsaturated/α-hetero) is 1. The molecule has 1 atom stereocenters. The van der Waals surface area contributed by atoms with Crippen molar-refractivity contribution < 1.29 is 9.59 Å². The quantitative estimate of drug-likeness (QED) is 0.624. The number of primary amides is 1. The molecule has 0 rings (SSSR count).